The second-order valence-electron chi connectivity index (χ2n) is 5.76. The highest BCUT2D eigenvalue weighted by Gasteiger charge is 2.27. The summed E-state index contributed by atoms with van der Waals surface area (Å²) in [5.41, 5.74) is 3.13. The van der Waals surface area contributed by atoms with E-state index in [1.54, 1.807) is 6.92 Å². The van der Waals surface area contributed by atoms with Crippen molar-refractivity contribution >= 4 is 22.8 Å². The fourth-order valence-corrected chi connectivity index (χ4v) is 2.36. The summed E-state index contributed by atoms with van der Waals surface area (Å²) < 4.78 is 5.43. The Morgan fingerprint density at radius 1 is 1.27 bits per heavy atom. The predicted molar refractivity (Wildman–Crippen MR) is 84.0 cm³/mol. The minimum atomic E-state index is -1.03. The molecule has 2 aromatic rings. The van der Waals surface area contributed by atoms with E-state index in [1.807, 2.05) is 32.9 Å². The quantitative estimate of drug-likeness (QED) is 0.888. The first-order valence-corrected chi connectivity index (χ1v) is 7.37. The lowest BCUT2D eigenvalue weighted by molar-refractivity contribution is -0.140. The minimum Gasteiger partial charge on any atom is -0.480 e. The molecule has 0 aliphatic rings. The molecule has 1 amide bonds. The summed E-state index contributed by atoms with van der Waals surface area (Å²) in [6.07, 6.45) is 2.05. The Bertz CT molecular complexity index is 717. The van der Waals surface area contributed by atoms with Crippen molar-refractivity contribution in [2.45, 2.75) is 40.2 Å². The highest BCUT2D eigenvalue weighted by Crippen LogP contribution is 2.25. The molecule has 22 heavy (non-hydrogen) atoms. The van der Waals surface area contributed by atoms with Crippen molar-refractivity contribution in [3.8, 4) is 0 Å². The zero-order chi connectivity index (χ0) is 16.4. The number of carboxylic acid groups (broad SMARTS) is 1. The number of nitrogens with one attached hydrogen (secondary N) is 1. The molecule has 2 atom stereocenters. The molecule has 5 nitrogen and oxygen atoms in total. The van der Waals surface area contributed by atoms with Crippen molar-refractivity contribution in [3.63, 3.8) is 0 Å². The number of amides is 1. The molecule has 0 saturated heterocycles. The first kappa shape index (κ1) is 16.1. The molecule has 0 fully saturated rings. The number of furan rings is 1. The van der Waals surface area contributed by atoms with E-state index in [0.717, 1.165) is 11.1 Å². The molecule has 0 spiro atoms. The largest absolute Gasteiger partial charge is 0.480 e. The van der Waals surface area contributed by atoms with Gasteiger partial charge in [0.2, 0.25) is 0 Å². The molecule has 1 heterocycles. The van der Waals surface area contributed by atoms with Crippen LogP contribution in [0.3, 0.4) is 0 Å². The molecule has 0 aliphatic heterocycles. The van der Waals surface area contributed by atoms with Crippen LogP contribution >= 0.6 is 0 Å². The molecule has 1 aromatic carbocycles. The first-order valence-electron chi connectivity index (χ1n) is 7.37. The fourth-order valence-electron chi connectivity index (χ4n) is 2.36. The topological polar surface area (TPSA) is 79.5 Å². The zero-order valence-corrected chi connectivity index (χ0v) is 13.3. The maximum absolute atomic E-state index is 12.4. The van der Waals surface area contributed by atoms with Gasteiger partial charge >= 0.3 is 5.97 Å². The summed E-state index contributed by atoms with van der Waals surface area (Å²) in [7, 11) is 0. The summed E-state index contributed by atoms with van der Waals surface area (Å²) in [5, 5.41) is 12.6. The van der Waals surface area contributed by atoms with Crippen LogP contribution in [0.2, 0.25) is 0 Å². The van der Waals surface area contributed by atoms with Gasteiger partial charge in [0, 0.05) is 5.39 Å². The number of aryl methyl sites for hydroxylation is 2. The molecular formula is C17H21NO4. The predicted octanol–water partition coefficient (Wildman–Crippen LogP) is 3.28. The molecule has 2 N–H and O–H groups in total. The maximum atomic E-state index is 12.4. The summed E-state index contributed by atoms with van der Waals surface area (Å²) in [6, 6.07) is 2.86. The Hall–Kier alpha value is -2.30. The Balaban J connectivity index is 2.33. The number of hydrogen-bond acceptors (Lipinski definition) is 3. The van der Waals surface area contributed by atoms with Crippen molar-refractivity contribution < 1.29 is 19.1 Å². The third-order valence-electron chi connectivity index (χ3n) is 4.20. The first-order chi connectivity index (χ1) is 10.3. The van der Waals surface area contributed by atoms with Crippen LogP contribution in [0, 0.1) is 19.8 Å². The van der Waals surface area contributed by atoms with E-state index in [0.29, 0.717) is 23.0 Å². The van der Waals surface area contributed by atoms with Crippen molar-refractivity contribution in [1.82, 2.24) is 5.32 Å². The van der Waals surface area contributed by atoms with Gasteiger partial charge in [-0.3, -0.25) is 4.79 Å². The molecule has 0 aliphatic carbocycles. The van der Waals surface area contributed by atoms with E-state index in [2.05, 4.69) is 5.32 Å². The molecule has 1 aromatic heterocycles. The summed E-state index contributed by atoms with van der Waals surface area (Å²) in [4.78, 5) is 23.7. The van der Waals surface area contributed by atoms with Gasteiger partial charge in [0.25, 0.3) is 5.91 Å². The Morgan fingerprint density at radius 2 is 1.91 bits per heavy atom. The standard InChI is InChI=1S/C17H21NO4/c1-5-9(2)15(17(20)21)18-16(19)13-8-22-14-7-11(4)10(3)6-12(13)14/h6-9,15H,5H2,1-4H3,(H,18,19)(H,20,21)/t9-,15-/m0/s1. The lowest BCUT2D eigenvalue weighted by Crippen LogP contribution is -2.44. The number of carbonyl (C=O) groups excluding carboxylic acids is 1. The van der Waals surface area contributed by atoms with Crippen molar-refractivity contribution in [2.75, 3.05) is 0 Å². The van der Waals surface area contributed by atoms with Crippen LogP contribution in [0.5, 0.6) is 0 Å². The summed E-state index contributed by atoms with van der Waals surface area (Å²) >= 11 is 0. The molecular weight excluding hydrogens is 282 g/mol. The van der Waals surface area contributed by atoms with Gasteiger partial charge < -0.3 is 14.8 Å². The lowest BCUT2D eigenvalue weighted by atomic mass is 9.98. The number of carbonyl (C=O) groups is 2. The number of hydrogen-bond donors (Lipinski definition) is 2. The fraction of sp³-hybridized carbons (Fsp3) is 0.412. The van der Waals surface area contributed by atoms with Gasteiger partial charge in [-0.15, -0.1) is 0 Å². The normalized spacial score (nSPS) is 13.8. The van der Waals surface area contributed by atoms with E-state index < -0.39 is 17.9 Å². The summed E-state index contributed by atoms with van der Waals surface area (Å²) in [5.74, 6) is -1.60. The van der Waals surface area contributed by atoms with Crippen molar-refractivity contribution in [2.24, 2.45) is 5.92 Å². The Morgan fingerprint density at radius 3 is 2.50 bits per heavy atom. The molecule has 118 valence electrons. The Kier molecular flexibility index (Phi) is 4.54. The van der Waals surface area contributed by atoms with E-state index in [1.165, 1.54) is 6.26 Å². The van der Waals surface area contributed by atoms with E-state index >= 15 is 0 Å². The van der Waals surface area contributed by atoms with Gasteiger partial charge in [-0.25, -0.2) is 4.79 Å². The van der Waals surface area contributed by atoms with Gasteiger partial charge in [-0.1, -0.05) is 20.3 Å². The van der Waals surface area contributed by atoms with Crippen LogP contribution in [0.1, 0.15) is 41.8 Å². The number of aliphatic carboxylic acids is 1. The third-order valence-corrected chi connectivity index (χ3v) is 4.20. The van der Waals surface area contributed by atoms with E-state index in [-0.39, 0.29) is 5.92 Å². The van der Waals surface area contributed by atoms with Gasteiger partial charge in [-0.05, 0) is 43.0 Å². The van der Waals surface area contributed by atoms with Crippen LogP contribution in [0.25, 0.3) is 11.0 Å². The molecule has 0 radical (unpaired) electrons. The van der Waals surface area contributed by atoms with Crippen LogP contribution in [0.15, 0.2) is 22.8 Å². The van der Waals surface area contributed by atoms with Crippen LogP contribution in [-0.2, 0) is 4.79 Å². The van der Waals surface area contributed by atoms with E-state index in [9.17, 15) is 14.7 Å². The lowest BCUT2D eigenvalue weighted by Gasteiger charge is -2.19. The van der Waals surface area contributed by atoms with Crippen molar-refractivity contribution in [3.05, 3.63) is 35.1 Å². The van der Waals surface area contributed by atoms with Crippen LogP contribution < -0.4 is 5.32 Å². The SMILES string of the molecule is CC[C@H](C)[C@H](NC(=O)c1coc2cc(C)c(C)cc12)C(=O)O. The third kappa shape index (κ3) is 2.98. The molecule has 5 heteroatoms. The average Bonchev–Trinajstić information content (AvgIpc) is 2.86. The maximum Gasteiger partial charge on any atom is 0.326 e. The van der Waals surface area contributed by atoms with Gasteiger partial charge in [0.05, 0.1) is 5.56 Å². The highest BCUT2D eigenvalue weighted by molar-refractivity contribution is 6.07. The molecule has 0 unspecified atom stereocenters. The summed E-state index contributed by atoms with van der Waals surface area (Å²) in [6.45, 7) is 7.63. The Labute approximate surface area is 129 Å². The van der Waals surface area contributed by atoms with Gasteiger partial charge in [0.15, 0.2) is 0 Å². The van der Waals surface area contributed by atoms with Crippen molar-refractivity contribution in [1.29, 1.82) is 0 Å². The average molecular weight is 303 g/mol. The van der Waals surface area contributed by atoms with Gasteiger partial charge in [0.1, 0.15) is 17.9 Å². The number of carboxylic acids is 1. The monoisotopic (exact) mass is 303 g/mol. The van der Waals surface area contributed by atoms with Crippen LogP contribution in [-0.4, -0.2) is 23.0 Å². The molecule has 2 rings (SSSR count). The van der Waals surface area contributed by atoms with Gasteiger partial charge in [-0.2, -0.15) is 0 Å². The second-order valence-corrected chi connectivity index (χ2v) is 5.76. The minimum absolute atomic E-state index is 0.149. The number of fused-ring (bicyclic) bond motifs is 1. The molecule has 0 saturated carbocycles. The van der Waals surface area contributed by atoms with Crippen LogP contribution in [0.4, 0.5) is 0 Å². The highest BCUT2D eigenvalue weighted by atomic mass is 16.4. The zero-order valence-electron chi connectivity index (χ0n) is 13.3. The smallest absolute Gasteiger partial charge is 0.326 e. The number of rotatable bonds is 5. The second kappa shape index (κ2) is 6.22. The van der Waals surface area contributed by atoms with E-state index in [4.69, 9.17) is 4.42 Å². The number of benzene rings is 1. The molecule has 0 bridgehead atoms.